The summed E-state index contributed by atoms with van der Waals surface area (Å²) in [6.07, 6.45) is 4.53. The lowest BCUT2D eigenvalue weighted by molar-refractivity contribution is 0.610. The van der Waals surface area contributed by atoms with Crippen molar-refractivity contribution in [2.45, 2.75) is 18.9 Å². The van der Waals surface area contributed by atoms with Gasteiger partial charge in [-0.1, -0.05) is 0 Å². The topological polar surface area (TPSA) is 29.0 Å². The number of hydrogen-bond donors (Lipinski definition) is 0. The Morgan fingerprint density at radius 3 is 2.86 bits per heavy atom. The zero-order valence-corrected chi connectivity index (χ0v) is 8.41. The van der Waals surface area contributed by atoms with E-state index in [2.05, 4.69) is 9.97 Å². The maximum atomic E-state index is 12.6. The normalized spacial score (nSPS) is 21.6. The molecule has 1 aromatic heterocycles. The van der Waals surface area contributed by atoms with E-state index in [1.807, 2.05) is 4.90 Å². The van der Waals surface area contributed by atoms with Crippen LogP contribution in [0.5, 0.6) is 0 Å². The van der Waals surface area contributed by atoms with E-state index in [4.69, 9.17) is 11.6 Å². The molecule has 1 aromatic rings. The lowest BCUT2D eigenvalue weighted by atomic mass is 10.2. The van der Waals surface area contributed by atoms with Gasteiger partial charge in [0.1, 0.15) is 0 Å². The van der Waals surface area contributed by atoms with E-state index in [0.717, 1.165) is 19.4 Å². The molecule has 0 bridgehead atoms. The van der Waals surface area contributed by atoms with Crippen molar-refractivity contribution >= 4 is 17.5 Å². The molecular formula is C9H11ClFN3. The molecule has 76 valence electrons. The zero-order chi connectivity index (χ0) is 9.97. The lowest BCUT2D eigenvalue weighted by Gasteiger charge is -2.22. The first-order valence-electron chi connectivity index (χ1n) is 4.61. The van der Waals surface area contributed by atoms with Crippen LogP contribution >= 0.6 is 11.6 Å². The molecule has 1 atom stereocenters. The van der Waals surface area contributed by atoms with Crippen LogP contribution in [-0.4, -0.2) is 28.4 Å². The molecule has 1 saturated heterocycles. The number of alkyl halides is 1. The van der Waals surface area contributed by atoms with E-state index < -0.39 is 5.82 Å². The van der Waals surface area contributed by atoms with Gasteiger partial charge in [-0.25, -0.2) is 14.4 Å². The summed E-state index contributed by atoms with van der Waals surface area (Å²) >= 11 is 5.81. The Morgan fingerprint density at radius 1 is 1.50 bits per heavy atom. The van der Waals surface area contributed by atoms with Crippen LogP contribution in [0.4, 0.5) is 10.3 Å². The van der Waals surface area contributed by atoms with Crippen LogP contribution in [0, 0.1) is 5.82 Å². The van der Waals surface area contributed by atoms with E-state index in [9.17, 15) is 4.39 Å². The molecule has 2 rings (SSSR count). The van der Waals surface area contributed by atoms with Crippen molar-refractivity contribution in [1.82, 2.24) is 9.97 Å². The molecule has 14 heavy (non-hydrogen) atoms. The molecule has 0 N–H and O–H groups in total. The van der Waals surface area contributed by atoms with Crippen LogP contribution in [0.1, 0.15) is 12.8 Å². The number of nitrogens with zero attached hydrogens (tertiary/aromatic N) is 3. The monoisotopic (exact) mass is 215 g/mol. The maximum absolute atomic E-state index is 12.6. The van der Waals surface area contributed by atoms with Gasteiger partial charge < -0.3 is 4.90 Å². The molecule has 0 aromatic carbocycles. The van der Waals surface area contributed by atoms with E-state index in [1.54, 1.807) is 0 Å². The molecule has 2 heterocycles. The third-order valence-corrected chi connectivity index (χ3v) is 2.78. The predicted molar refractivity (Wildman–Crippen MR) is 53.1 cm³/mol. The first-order valence-corrected chi connectivity index (χ1v) is 5.15. The smallest absolute Gasteiger partial charge is 0.225 e. The highest BCUT2D eigenvalue weighted by Gasteiger charge is 2.25. The lowest BCUT2D eigenvalue weighted by Crippen LogP contribution is -2.31. The summed E-state index contributed by atoms with van der Waals surface area (Å²) in [6.45, 7) is 0.906. The second-order valence-electron chi connectivity index (χ2n) is 3.35. The van der Waals surface area contributed by atoms with Crippen LogP contribution < -0.4 is 4.90 Å². The van der Waals surface area contributed by atoms with Gasteiger partial charge in [0.05, 0.1) is 12.4 Å². The fraction of sp³-hybridized carbons (Fsp3) is 0.556. The third kappa shape index (κ3) is 1.80. The third-order valence-electron chi connectivity index (χ3n) is 2.42. The minimum absolute atomic E-state index is 0.294. The van der Waals surface area contributed by atoms with Gasteiger partial charge in [-0.3, -0.25) is 0 Å². The number of rotatable bonds is 2. The van der Waals surface area contributed by atoms with E-state index in [0.29, 0.717) is 17.9 Å². The van der Waals surface area contributed by atoms with Gasteiger partial charge in [0, 0.05) is 18.5 Å². The molecule has 0 saturated carbocycles. The molecule has 0 radical (unpaired) electrons. The summed E-state index contributed by atoms with van der Waals surface area (Å²) < 4.78 is 12.6. The van der Waals surface area contributed by atoms with Crippen LogP contribution in [0.25, 0.3) is 0 Å². The SMILES string of the molecule is Fc1cnc(N2CCCC2CCl)nc1. The summed E-state index contributed by atoms with van der Waals surface area (Å²) in [5.41, 5.74) is 0. The summed E-state index contributed by atoms with van der Waals surface area (Å²) in [5.74, 6) is 0.741. The van der Waals surface area contributed by atoms with Crippen LogP contribution in [-0.2, 0) is 0 Å². The first kappa shape index (κ1) is 9.65. The molecule has 1 aliphatic rings. The Morgan fingerprint density at radius 2 is 2.21 bits per heavy atom. The number of hydrogen-bond acceptors (Lipinski definition) is 3. The molecule has 0 aliphatic carbocycles. The van der Waals surface area contributed by atoms with Crippen LogP contribution in [0.2, 0.25) is 0 Å². The average molecular weight is 216 g/mol. The molecule has 0 amide bonds. The predicted octanol–water partition coefficient (Wildman–Crippen LogP) is 1.82. The summed E-state index contributed by atoms with van der Waals surface area (Å²) in [4.78, 5) is 9.91. The first-order chi connectivity index (χ1) is 6.81. The molecule has 5 heteroatoms. The molecule has 1 fully saturated rings. The molecule has 1 unspecified atom stereocenters. The fourth-order valence-corrected chi connectivity index (χ4v) is 2.03. The molecule has 3 nitrogen and oxygen atoms in total. The average Bonchev–Trinajstić information content (AvgIpc) is 2.67. The van der Waals surface area contributed by atoms with Crippen molar-refractivity contribution in [2.24, 2.45) is 0 Å². The summed E-state index contributed by atoms with van der Waals surface area (Å²) in [6, 6.07) is 0.294. The molecular weight excluding hydrogens is 205 g/mol. The van der Waals surface area contributed by atoms with Gasteiger partial charge in [0.2, 0.25) is 5.95 Å². The molecule has 1 aliphatic heterocycles. The second-order valence-corrected chi connectivity index (χ2v) is 3.65. The van der Waals surface area contributed by atoms with E-state index in [1.165, 1.54) is 12.4 Å². The van der Waals surface area contributed by atoms with E-state index in [-0.39, 0.29) is 0 Å². The number of halogens is 2. The fourth-order valence-electron chi connectivity index (χ4n) is 1.71. The minimum Gasteiger partial charge on any atom is -0.337 e. The maximum Gasteiger partial charge on any atom is 0.225 e. The van der Waals surface area contributed by atoms with Crippen molar-refractivity contribution in [3.8, 4) is 0 Å². The van der Waals surface area contributed by atoms with Crippen molar-refractivity contribution in [3.05, 3.63) is 18.2 Å². The number of anilines is 1. The second kappa shape index (κ2) is 4.09. The Labute approximate surface area is 86.9 Å². The molecule has 0 spiro atoms. The van der Waals surface area contributed by atoms with Gasteiger partial charge in [0.25, 0.3) is 0 Å². The number of aromatic nitrogens is 2. The van der Waals surface area contributed by atoms with Crippen molar-refractivity contribution in [3.63, 3.8) is 0 Å². The zero-order valence-electron chi connectivity index (χ0n) is 7.66. The Hall–Kier alpha value is -0.900. The Kier molecular flexibility index (Phi) is 2.82. The van der Waals surface area contributed by atoms with Gasteiger partial charge in [0.15, 0.2) is 5.82 Å². The Bertz CT molecular complexity index is 303. The van der Waals surface area contributed by atoms with Crippen molar-refractivity contribution < 1.29 is 4.39 Å². The van der Waals surface area contributed by atoms with Gasteiger partial charge in [-0.15, -0.1) is 11.6 Å². The van der Waals surface area contributed by atoms with Gasteiger partial charge in [-0.2, -0.15) is 0 Å². The van der Waals surface area contributed by atoms with Crippen LogP contribution in [0.3, 0.4) is 0 Å². The highest BCUT2D eigenvalue weighted by atomic mass is 35.5. The summed E-state index contributed by atoms with van der Waals surface area (Å²) in [7, 11) is 0. The Balaban J connectivity index is 2.17. The standard InChI is InChI=1S/C9H11ClFN3/c10-4-8-2-1-3-14(8)9-12-5-7(11)6-13-9/h5-6,8H,1-4H2. The van der Waals surface area contributed by atoms with Crippen LogP contribution in [0.15, 0.2) is 12.4 Å². The highest BCUT2D eigenvalue weighted by Crippen LogP contribution is 2.22. The van der Waals surface area contributed by atoms with Crippen molar-refractivity contribution in [1.29, 1.82) is 0 Å². The highest BCUT2D eigenvalue weighted by molar-refractivity contribution is 6.18. The van der Waals surface area contributed by atoms with Crippen molar-refractivity contribution in [2.75, 3.05) is 17.3 Å². The summed E-state index contributed by atoms with van der Waals surface area (Å²) in [5, 5.41) is 0. The minimum atomic E-state index is -0.407. The quantitative estimate of drug-likeness (QED) is 0.705. The van der Waals surface area contributed by atoms with Gasteiger partial charge >= 0.3 is 0 Å². The van der Waals surface area contributed by atoms with Gasteiger partial charge in [-0.05, 0) is 12.8 Å². The largest absolute Gasteiger partial charge is 0.337 e. The van der Waals surface area contributed by atoms with E-state index >= 15 is 0 Å².